The van der Waals surface area contributed by atoms with Crippen LogP contribution in [0.3, 0.4) is 0 Å². The predicted molar refractivity (Wildman–Crippen MR) is 88.4 cm³/mol. The fourth-order valence-electron chi connectivity index (χ4n) is 1.85. The van der Waals surface area contributed by atoms with E-state index in [9.17, 15) is 0 Å². The highest BCUT2D eigenvalue weighted by Crippen LogP contribution is 2.39. The molecule has 0 atom stereocenters. The molecule has 1 heterocycles. The molecule has 1 aromatic carbocycles. The van der Waals surface area contributed by atoms with E-state index in [1.807, 2.05) is 13.1 Å². The number of aromatic nitrogens is 2. The third-order valence-corrected chi connectivity index (χ3v) is 5.51. The van der Waals surface area contributed by atoms with Crippen LogP contribution < -0.4 is 5.73 Å². The monoisotopic (exact) mass is 311 g/mol. The Balaban J connectivity index is 2.58. The molecule has 1 aromatic heterocycles. The molecule has 0 amide bonds. The Labute approximate surface area is 126 Å². The molecule has 0 aliphatic rings. The van der Waals surface area contributed by atoms with Crippen LogP contribution in [-0.4, -0.2) is 28.5 Å². The molecule has 19 heavy (non-hydrogen) atoms. The van der Waals surface area contributed by atoms with Gasteiger partial charge in [0.15, 0.2) is 0 Å². The van der Waals surface area contributed by atoms with Crippen molar-refractivity contribution in [3.05, 3.63) is 18.2 Å². The second kappa shape index (κ2) is 6.15. The van der Waals surface area contributed by atoms with Gasteiger partial charge in [0, 0.05) is 33.4 Å². The lowest BCUT2D eigenvalue weighted by Gasteiger charge is -2.12. The summed E-state index contributed by atoms with van der Waals surface area (Å²) in [6, 6.07) is 6.30. The number of hydrogen-bond acceptors (Lipinski definition) is 5. The molecule has 0 spiro atoms. The topological polar surface area (TPSA) is 43.8 Å². The van der Waals surface area contributed by atoms with E-state index < -0.39 is 0 Å². The van der Waals surface area contributed by atoms with Gasteiger partial charge in [0.25, 0.3) is 0 Å². The van der Waals surface area contributed by atoms with Crippen LogP contribution in [0.25, 0.3) is 11.3 Å². The summed E-state index contributed by atoms with van der Waals surface area (Å²) in [6.45, 7) is 0. The van der Waals surface area contributed by atoms with Gasteiger partial charge >= 0.3 is 0 Å². The molecule has 2 N–H and O–H groups in total. The van der Waals surface area contributed by atoms with Crippen LogP contribution in [0.4, 0.5) is 5.82 Å². The van der Waals surface area contributed by atoms with Gasteiger partial charge in [-0.3, -0.25) is 4.68 Å². The number of nitrogens with zero attached hydrogens (tertiary/aromatic N) is 2. The van der Waals surface area contributed by atoms with E-state index in [0.717, 1.165) is 11.3 Å². The van der Waals surface area contributed by atoms with E-state index in [-0.39, 0.29) is 0 Å². The van der Waals surface area contributed by atoms with Gasteiger partial charge in [0.2, 0.25) is 0 Å². The van der Waals surface area contributed by atoms with Crippen molar-refractivity contribution in [1.29, 1.82) is 0 Å². The second-order valence-corrected chi connectivity index (χ2v) is 6.50. The molecule has 0 radical (unpaired) electrons. The zero-order chi connectivity index (χ0) is 14.0. The Morgan fingerprint density at radius 3 is 1.95 bits per heavy atom. The lowest BCUT2D eigenvalue weighted by Crippen LogP contribution is -1.96. The molecular weight excluding hydrogens is 294 g/mol. The Kier molecular flexibility index (Phi) is 4.76. The van der Waals surface area contributed by atoms with Crippen molar-refractivity contribution < 1.29 is 0 Å². The van der Waals surface area contributed by atoms with Gasteiger partial charge in [0.1, 0.15) is 5.82 Å². The SMILES string of the molecule is CSc1cc(-c2cc(N)n(C)n2)cc(SC)c1SC. The first kappa shape index (κ1) is 14.7. The van der Waals surface area contributed by atoms with Crippen LogP contribution in [0.1, 0.15) is 0 Å². The summed E-state index contributed by atoms with van der Waals surface area (Å²) in [5, 5.41) is 4.45. The minimum atomic E-state index is 0.681. The summed E-state index contributed by atoms with van der Waals surface area (Å²) in [4.78, 5) is 3.92. The molecular formula is C13H17N3S3. The Morgan fingerprint density at radius 1 is 1.00 bits per heavy atom. The number of benzene rings is 1. The first-order valence-corrected chi connectivity index (χ1v) is 9.38. The fourth-order valence-corrected chi connectivity index (χ4v) is 4.52. The molecule has 0 unspecified atom stereocenters. The highest BCUT2D eigenvalue weighted by molar-refractivity contribution is 8.03. The molecule has 0 saturated heterocycles. The molecule has 2 aromatic rings. The largest absolute Gasteiger partial charge is 0.384 e. The third kappa shape index (κ3) is 2.90. The lowest BCUT2D eigenvalue weighted by molar-refractivity contribution is 0.782. The molecule has 0 aliphatic heterocycles. The highest BCUT2D eigenvalue weighted by Gasteiger charge is 2.12. The number of thioether (sulfide) groups is 3. The van der Waals surface area contributed by atoms with E-state index in [4.69, 9.17) is 5.73 Å². The van der Waals surface area contributed by atoms with E-state index in [1.54, 1.807) is 40.0 Å². The summed E-state index contributed by atoms with van der Waals surface area (Å²) in [5.41, 5.74) is 7.91. The maximum Gasteiger partial charge on any atom is 0.121 e. The number of nitrogens with two attached hydrogens (primary N) is 1. The van der Waals surface area contributed by atoms with Gasteiger partial charge in [-0.05, 0) is 30.9 Å². The van der Waals surface area contributed by atoms with Crippen molar-refractivity contribution in [3.8, 4) is 11.3 Å². The quantitative estimate of drug-likeness (QED) is 0.869. The van der Waals surface area contributed by atoms with Crippen molar-refractivity contribution in [1.82, 2.24) is 9.78 Å². The number of anilines is 1. The van der Waals surface area contributed by atoms with Gasteiger partial charge in [-0.25, -0.2) is 0 Å². The minimum Gasteiger partial charge on any atom is -0.384 e. The van der Waals surface area contributed by atoms with E-state index >= 15 is 0 Å². The van der Waals surface area contributed by atoms with Gasteiger partial charge in [-0.2, -0.15) is 5.10 Å². The Morgan fingerprint density at radius 2 is 1.58 bits per heavy atom. The second-order valence-electron chi connectivity index (χ2n) is 3.99. The van der Waals surface area contributed by atoms with Crippen molar-refractivity contribution in [2.24, 2.45) is 7.05 Å². The van der Waals surface area contributed by atoms with Crippen molar-refractivity contribution >= 4 is 41.1 Å². The van der Waals surface area contributed by atoms with E-state index in [1.165, 1.54) is 14.7 Å². The van der Waals surface area contributed by atoms with Crippen molar-refractivity contribution in [3.63, 3.8) is 0 Å². The van der Waals surface area contributed by atoms with Gasteiger partial charge in [-0.15, -0.1) is 35.3 Å². The number of nitrogen functional groups attached to an aromatic ring is 1. The van der Waals surface area contributed by atoms with E-state index in [2.05, 4.69) is 36.0 Å². The Bertz CT molecular complexity index is 548. The van der Waals surface area contributed by atoms with Crippen LogP contribution in [0.5, 0.6) is 0 Å². The molecule has 2 rings (SSSR count). The number of hydrogen-bond donors (Lipinski definition) is 1. The zero-order valence-corrected chi connectivity index (χ0v) is 13.9. The normalized spacial score (nSPS) is 10.9. The molecule has 3 nitrogen and oxygen atoms in total. The first-order chi connectivity index (χ1) is 9.10. The van der Waals surface area contributed by atoms with Crippen molar-refractivity contribution in [2.45, 2.75) is 14.7 Å². The fraction of sp³-hybridized carbons (Fsp3) is 0.308. The van der Waals surface area contributed by atoms with Crippen LogP contribution >= 0.6 is 35.3 Å². The maximum absolute atomic E-state index is 5.86. The first-order valence-electron chi connectivity index (χ1n) is 5.70. The number of rotatable bonds is 4. The summed E-state index contributed by atoms with van der Waals surface area (Å²) in [5.74, 6) is 0.681. The Hall–Kier alpha value is -0.720. The molecule has 0 saturated carbocycles. The van der Waals surface area contributed by atoms with Crippen LogP contribution in [0, 0.1) is 0 Å². The standard InChI is InChI=1S/C13H17N3S3/c1-16-12(14)7-9(15-16)8-5-10(17-2)13(19-4)11(6-8)18-3/h5-7H,14H2,1-4H3. The van der Waals surface area contributed by atoms with Gasteiger partial charge in [-0.1, -0.05) is 0 Å². The van der Waals surface area contributed by atoms with Gasteiger partial charge in [0.05, 0.1) is 5.69 Å². The smallest absolute Gasteiger partial charge is 0.121 e. The molecule has 0 aliphatic carbocycles. The highest BCUT2D eigenvalue weighted by atomic mass is 32.2. The maximum atomic E-state index is 5.86. The number of aryl methyl sites for hydroxylation is 1. The van der Waals surface area contributed by atoms with Crippen LogP contribution in [0.2, 0.25) is 0 Å². The predicted octanol–water partition coefficient (Wildman–Crippen LogP) is 3.84. The average molecular weight is 312 g/mol. The molecule has 102 valence electrons. The summed E-state index contributed by atoms with van der Waals surface area (Å²) >= 11 is 5.33. The average Bonchev–Trinajstić information content (AvgIpc) is 2.76. The minimum absolute atomic E-state index is 0.681. The van der Waals surface area contributed by atoms with Crippen LogP contribution in [-0.2, 0) is 7.05 Å². The van der Waals surface area contributed by atoms with Gasteiger partial charge < -0.3 is 5.73 Å². The molecule has 6 heteroatoms. The third-order valence-electron chi connectivity index (χ3n) is 2.88. The van der Waals surface area contributed by atoms with Crippen LogP contribution in [0.15, 0.2) is 32.9 Å². The lowest BCUT2D eigenvalue weighted by atomic mass is 10.1. The zero-order valence-electron chi connectivity index (χ0n) is 11.4. The molecule has 0 fully saturated rings. The summed E-state index contributed by atoms with van der Waals surface area (Å²) in [6.07, 6.45) is 6.33. The summed E-state index contributed by atoms with van der Waals surface area (Å²) in [7, 11) is 1.86. The van der Waals surface area contributed by atoms with E-state index in [0.29, 0.717) is 5.82 Å². The van der Waals surface area contributed by atoms with Crippen molar-refractivity contribution in [2.75, 3.05) is 24.5 Å². The molecule has 0 bridgehead atoms. The summed E-state index contributed by atoms with van der Waals surface area (Å²) < 4.78 is 1.70.